The maximum absolute atomic E-state index is 13.3. The van der Waals surface area contributed by atoms with Crippen molar-refractivity contribution in [3.8, 4) is 5.82 Å². The van der Waals surface area contributed by atoms with Gasteiger partial charge in [0.25, 0.3) is 5.56 Å². The number of anilines is 3. The van der Waals surface area contributed by atoms with Gasteiger partial charge in [-0.05, 0) is 78.9 Å². The summed E-state index contributed by atoms with van der Waals surface area (Å²) in [5, 5.41) is 4.33. The third-order valence-corrected chi connectivity index (χ3v) is 7.88. The molecular formula is C27H33ClN8O2S. The Balaban J connectivity index is 1.55. The molecule has 3 heterocycles. The SMILES string of the molecule is C=CCn1c(=O)c2cnc(Nc3cc(Cl)c4c(c3)CCC(N(C)C)C4)nc2n1-c1cccc(N[SH](C)(C)=O)n1. The predicted octanol–water partition coefficient (Wildman–Crippen LogP) is 3.58. The minimum absolute atomic E-state index is 0.242. The van der Waals surface area contributed by atoms with Crippen LogP contribution < -0.4 is 15.6 Å². The summed E-state index contributed by atoms with van der Waals surface area (Å²) in [5.74, 6) is 1.21. The van der Waals surface area contributed by atoms with Crippen LogP contribution in [0.25, 0.3) is 16.9 Å². The fraction of sp³-hybridized carbons (Fsp3) is 0.333. The lowest BCUT2D eigenvalue weighted by atomic mass is 9.87. The molecule has 1 aliphatic carbocycles. The number of nitrogens with one attached hydrogen (secondary N) is 2. The highest BCUT2D eigenvalue weighted by Gasteiger charge is 2.23. The number of hydrogen-bond acceptors (Lipinski definition) is 7. The molecule has 0 saturated carbocycles. The molecular weight excluding hydrogens is 536 g/mol. The lowest BCUT2D eigenvalue weighted by Crippen LogP contribution is -2.33. The van der Waals surface area contributed by atoms with Gasteiger partial charge >= 0.3 is 0 Å². The minimum Gasteiger partial charge on any atom is -0.324 e. The zero-order valence-corrected chi connectivity index (χ0v) is 24.1. The van der Waals surface area contributed by atoms with Crippen molar-refractivity contribution >= 4 is 50.2 Å². The van der Waals surface area contributed by atoms with Crippen LogP contribution in [0.2, 0.25) is 5.02 Å². The molecule has 0 radical (unpaired) electrons. The molecule has 1 aliphatic rings. The second-order valence-corrected chi connectivity index (χ2v) is 13.7. The summed E-state index contributed by atoms with van der Waals surface area (Å²) in [7, 11) is 1.61. The molecule has 0 saturated heterocycles. The first-order chi connectivity index (χ1) is 18.5. The van der Waals surface area contributed by atoms with Gasteiger partial charge < -0.3 is 14.9 Å². The smallest absolute Gasteiger partial charge is 0.278 e. The molecule has 12 heteroatoms. The van der Waals surface area contributed by atoms with Crippen LogP contribution in [0.1, 0.15) is 17.5 Å². The highest BCUT2D eigenvalue weighted by Crippen LogP contribution is 2.33. The van der Waals surface area contributed by atoms with Gasteiger partial charge in [-0.25, -0.2) is 19.3 Å². The van der Waals surface area contributed by atoms with Crippen LogP contribution in [0.4, 0.5) is 17.5 Å². The zero-order chi connectivity index (χ0) is 27.9. The van der Waals surface area contributed by atoms with Crippen molar-refractivity contribution in [3.63, 3.8) is 0 Å². The largest absolute Gasteiger partial charge is 0.324 e. The van der Waals surface area contributed by atoms with Crippen LogP contribution in [-0.2, 0) is 29.5 Å². The third-order valence-electron chi connectivity index (χ3n) is 6.77. The Kier molecular flexibility index (Phi) is 7.32. The fourth-order valence-electron chi connectivity index (χ4n) is 4.93. The molecule has 39 heavy (non-hydrogen) atoms. The van der Waals surface area contributed by atoms with Crippen molar-refractivity contribution in [3.05, 3.63) is 75.7 Å². The lowest BCUT2D eigenvalue weighted by Gasteiger charge is -2.30. The number of likely N-dealkylation sites (N-methyl/N-ethyl adjacent to an activating group) is 1. The van der Waals surface area contributed by atoms with E-state index in [1.807, 2.05) is 6.07 Å². The molecule has 0 spiro atoms. The number of aromatic nitrogens is 5. The van der Waals surface area contributed by atoms with Gasteiger partial charge in [-0.1, -0.05) is 23.7 Å². The Morgan fingerprint density at radius 2 is 2.05 bits per heavy atom. The average molecular weight is 569 g/mol. The molecule has 1 atom stereocenters. The molecule has 0 amide bonds. The zero-order valence-electron chi connectivity index (χ0n) is 22.5. The molecule has 10 nitrogen and oxygen atoms in total. The quantitative estimate of drug-likeness (QED) is 0.220. The Morgan fingerprint density at radius 3 is 2.77 bits per heavy atom. The van der Waals surface area contributed by atoms with Crippen LogP contribution in [0.3, 0.4) is 0 Å². The number of benzene rings is 1. The molecule has 0 bridgehead atoms. The summed E-state index contributed by atoms with van der Waals surface area (Å²) in [4.78, 5) is 29.2. The van der Waals surface area contributed by atoms with Crippen LogP contribution in [-0.4, -0.2) is 66.1 Å². The number of rotatable bonds is 8. The van der Waals surface area contributed by atoms with E-state index in [0.717, 1.165) is 24.9 Å². The van der Waals surface area contributed by atoms with E-state index in [0.29, 0.717) is 39.7 Å². The molecule has 4 aromatic rings. The molecule has 3 aromatic heterocycles. The molecule has 5 rings (SSSR count). The average Bonchev–Trinajstić information content (AvgIpc) is 3.14. The maximum atomic E-state index is 13.3. The number of aryl methyl sites for hydroxylation is 1. The molecule has 206 valence electrons. The summed E-state index contributed by atoms with van der Waals surface area (Å²) in [6.07, 6.45) is 9.32. The summed E-state index contributed by atoms with van der Waals surface area (Å²) in [6.45, 7) is 4.03. The van der Waals surface area contributed by atoms with Gasteiger partial charge in [-0.15, -0.1) is 6.58 Å². The van der Waals surface area contributed by atoms with E-state index in [1.165, 1.54) is 22.0 Å². The van der Waals surface area contributed by atoms with Crippen molar-refractivity contribution in [1.29, 1.82) is 0 Å². The standard InChI is InChI=1S/C27H33ClN8O2S/c1-6-12-35-26(37)21-16-29-27(30-18-13-17-10-11-19(34(2)3)15-20(17)22(28)14-18)32-25(21)36(35)24-9-7-8-23(31-24)33-39(4,5)38/h6-9,13-14,16,19,39H,1,10-12,15H2,2-5H3,(H,29,30,32)(H,31,33,38). The Morgan fingerprint density at radius 1 is 1.26 bits per heavy atom. The number of pyridine rings is 1. The maximum Gasteiger partial charge on any atom is 0.278 e. The van der Waals surface area contributed by atoms with Crippen molar-refractivity contribution in [2.45, 2.75) is 31.8 Å². The molecule has 1 aromatic carbocycles. The topological polar surface area (TPSA) is 110 Å². The van der Waals surface area contributed by atoms with Gasteiger partial charge in [0, 0.05) is 35.5 Å². The van der Waals surface area contributed by atoms with Gasteiger partial charge in [-0.2, -0.15) is 4.98 Å². The van der Waals surface area contributed by atoms with E-state index in [1.54, 1.807) is 41.5 Å². The monoisotopic (exact) mass is 568 g/mol. The fourth-order valence-corrected chi connectivity index (χ4v) is 5.93. The third kappa shape index (κ3) is 5.61. The van der Waals surface area contributed by atoms with E-state index in [2.05, 4.69) is 51.6 Å². The second-order valence-electron chi connectivity index (χ2n) is 10.3. The van der Waals surface area contributed by atoms with Gasteiger partial charge in [0.1, 0.15) is 11.2 Å². The molecule has 2 N–H and O–H groups in total. The number of halogens is 1. The first kappa shape index (κ1) is 27.0. The van der Waals surface area contributed by atoms with Gasteiger partial charge in [0.2, 0.25) is 5.95 Å². The molecule has 0 aliphatic heterocycles. The summed E-state index contributed by atoms with van der Waals surface area (Å²) >= 11 is 6.71. The Hall–Kier alpha value is -3.54. The normalized spacial score (nSPS) is 15.8. The number of nitrogens with zero attached hydrogens (tertiary/aromatic N) is 6. The van der Waals surface area contributed by atoms with E-state index < -0.39 is 10.1 Å². The van der Waals surface area contributed by atoms with E-state index in [-0.39, 0.29) is 12.1 Å². The molecule has 0 fully saturated rings. The highest BCUT2D eigenvalue weighted by molar-refractivity contribution is 8.02. The summed E-state index contributed by atoms with van der Waals surface area (Å²) in [5.41, 5.74) is 3.31. The van der Waals surface area contributed by atoms with Crippen LogP contribution in [0, 0.1) is 0 Å². The number of fused-ring (bicyclic) bond motifs is 2. The van der Waals surface area contributed by atoms with Crippen LogP contribution >= 0.6 is 11.6 Å². The number of allylic oxidation sites excluding steroid dienone is 1. The van der Waals surface area contributed by atoms with Gasteiger partial charge in [-0.3, -0.25) is 9.00 Å². The second kappa shape index (κ2) is 10.6. The first-order valence-electron chi connectivity index (χ1n) is 12.7. The van der Waals surface area contributed by atoms with E-state index in [9.17, 15) is 9.00 Å². The van der Waals surface area contributed by atoms with Crippen molar-refractivity contribution < 1.29 is 4.21 Å². The van der Waals surface area contributed by atoms with E-state index in [4.69, 9.17) is 16.6 Å². The lowest BCUT2D eigenvalue weighted by molar-refractivity contribution is 0.268. The highest BCUT2D eigenvalue weighted by atomic mass is 35.5. The number of thiol groups is 1. The number of hydrogen-bond donors (Lipinski definition) is 3. The van der Waals surface area contributed by atoms with Crippen LogP contribution in [0.15, 0.2) is 54.0 Å². The van der Waals surface area contributed by atoms with Crippen molar-refractivity contribution in [2.75, 3.05) is 36.6 Å². The van der Waals surface area contributed by atoms with Crippen molar-refractivity contribution in [2.24, 2.45) is 0 Å². The summed E-state index contributed by atoms with van der Waals surface area (Å²) < 4.78 is 18.4. The predicted molar refractivity (Wildman–Crippen MR) is 160 cm³/mol. The van der Waals surface area contributed by atoms with E-state index >= 15 is 0 Å². The molecule has 1 unspecified atom stereocenters. The van der Waals surface area contributed by atoms with Gasteiger partial charge in [0.15, 0.2) is 11.5 Å². The van der Waals surface area contributed by atoms with Crippen molar-refractivity contribution in [1.82, 2.24) is 29.2 Å². The van der Waals surface area contributed by atoms with Crippen LogP contribution in [0.5, 0.6) is 0 Å². The minimum atomic E-state index is -2.59. The van der Waals surface area contributed by atoms with Gasteiger partial charge in [0.05, 0.1) is 6.54 Å². The Labute approximate surface area is 233 Å². The summed E-state index contributed by atoms with van der Waals surface area (Å²) in [6, 6.07) is 9.74. The Bertz CT molecular complexity index is 1670. The first-order valence-corrected chi connectivity index (χ1v) is 15.7.